The quantitative estimate of drug-likeness (QED) is 0.455. The number of hydrogen-bond donors (Lipinski definition) is 0. The van der Waals surface area contributed by atoms with Crippen LogP contribution in [0.4, 0.5) is 0 Å². The third-order valence-electron chi connectivity index (χ3n) is 4.12. The minimum atomic E-state index is -0.333. The van der Waals surface area contributed by atoms with Gasteiger partial charge in [-0.2, -0.15) is 0 Å². The molecule has 0 heterocycles. The molecule has 1 unspecified atom stereocenters. The number of carbonyl (C=O) groups excluding carboxylic acids is 2. The molecule has 0 bridgehead atoms. The Balaban J connectivity index is 2.59. The molecule has 1 rings (SSSR count). The van der Waals surface area contributed by atoms with Crippen molar-refractivity contribution in [3.63, 3.8) is 0 Å². The highest BCUT2D eigenvalue weighted by atomic mass is 16.5. The van der Waals surface area contributed by atoms with E-state index in [0.29, 0.717) is 39.1 Å². The minimum Gasteiger partial charge on any atom is -0.469 e. The van der Waals surface area contributed by atoms with Gasteiger partial charge in [0.15, 0.2) is 0 Å². The van der Waals surface area contributed by atoms with Crippen molar-refractivity contribution in [2.75, 3.05) is 33.4 Å². The summed E-state index contributed by atoms with van der Waals surface area (Å²) in [6.45, 7) is 8.03. The summed E-state index contributed by atoms with van der Waals surface area (Å²) in [6.07, 6.45) is 1.90. The van der Waals surface area contributed by atoms with Crippen LogP contribution in [-0.4, -0.2) is 50.2 Å². The summed E-state index contributed by atoms with van der Waals surface area (Å²) in [6, 6.07) is 8.22. The molecular formula is C20H31NO4. The fourth-order valence-corrected chi connectivity index (χ4v) is 2.59. The van der Waals surface area contributed by atoms with E-state index in [2.05, 4.69) is 24.3 Å². The van der Waals surface area contributed by atoms with Crippen molar-refractivity contribution in [3.8, 4) is 0 Å². The molecule has 0 saturated heterocycles. The van der Waals surface area contributed by atoms with E-state index in [-0.39, 0.29) is 17.8 Å². The zero-order valence-electron chi connectivity index (χ0n) is 15.9. The second kappa shape index (κ2) is 11.6. The second-order valence-electron chi connectivity index (χ2n) is 6.30. The van der Waals surface area contributed by atoms with Gasteiger partial charge in [0.1, 0.15) is 0 Å². The van der Waals surface area contributed by atoms with Gasteiger partial charge in [-0.1, -0.05) is 36.8 Å². The van der Waals surface area contributed by atoms with Crippen LogP contribution in [0.5, 0.6) is 0 Å². The lowest BCUT2D eigenvalue weighted by Crippen LogP contribution is -2.38. The molecule has 1 atom stereocenters. The van der Waals surface area contributed by atoms with Crippen molar-refractivity contribution >= 4 is 11.9 Å². The van der Waals surface area contributed by atoms with Crippen LogP contribution in [0.2, 0.25) is 0 Å². The highest BCUT2D eigenvalue weighted by molar-refractivity contribution is 5.78. The first-order valence-corrected chi connectivity index (χ1v) is 8.96. The van der Waals surface area contributed by atoms with E-state index >= 15 is 0 Å². The van der Waals surface area contributed by atoms with Crippen molar-refractivity contribution in [2.24, 2.45) is 5.92 Å². The summed E-state index contributed by atoms with van der Waals surface area (Å²) in [5.74, 6) is -0.561. The zero-order valence-corrected chi connectivity index (χ0v) is 15.9. The number of ether oxygens (including phenoxy) is 2. The van der Waals surface area contributed by atoms with E-state index in [0.717, 1.165) is 12.0 Å². The Morgan fingerprint density at radius 3 is 2.48 bits per heavy atom. The van der Waals surface area contributed by atoms with Crippen LogP contribution in [-0.2, 0) is 25.5 Å². The smallest absolute Gasteiger partial charge is 0.310 e. The number of amides is 1. The van der Waals surface area contributed by atoms with Crippen molar-refractivity contribution in [1.29, 1.82) is 0 Å². The average Bonchev–Trinajstić information content (AvgIpc) is 2.62. The summed E-state index contributed by atoms with van der Waals surface area (Å²) in [5, 5.41) is 0. The van der Waals surface area contributed by atoms with E-state index in [1.807, 2.05) is 13.8 Å². The molecule has 0 N–H and O–H groups in total. The normalized spacial score (nSPS) is 11.8. The highest BCUT2D eigenvalue weighted by Gasteiger charge is 2.21. The number of aryl methyl sites for hydroxylation is 2. The van der Waals surface area contributed by atoms with Crippen LogP contribution in [0.3, 0.4) is 0 Å². The molecule has 1 aromatic rings. The topological polar surface area (TPSA) is 55.8 Å². The molecule has 25 heavy (non-hydrogen) atoms. The van der Waals surface area contributed by atoms with Crippen LogP contribution >= 0.6 is 0 Å². The summed E-state index contributed by atoms with van der Waals surface area (Å²) in [7, 11) is 1.37. The molecule has 5 heteroatoms. The van der Waals surface area contributed by atoms with Crippen molar-refractivity contribution in [2.45, 2.75) is 40.0 Å². The standard InChI is InChI=1S/C20H31NO4/c1-5-25-14-6-13-21(15-17(3)20(23)24-4)19(22)12-11-18-9-7-16(2)8-10-18/h7-10,17H,5-6,11-15H2,1-4H3. The van der Waals surface area contributed by atoms with Crippen LogP contribution in [0.1, 0.15) is 37.8 Å². The largest absolute Gasteiger partial charge is 0.469 e. The summed E-state index contributed by atoms with van der Waals surface area (Å²) in [4.78, 5) is 26.1. The maximum atomic E-state index is 12.6. The van der Waals surface area contributed by atoms with Crippen molar-refractivity contribution in [3.05, 3.63) is 35.4 Å². The molecule has 140 valence electrons. The zero-order chi connectivity index (χ0) is 18.7. The first-order chi connectivity index (χ1) is 12.0. The molecule has 0 fully saturated rings. The number of benzene rings is 1. The van der Waals surface area contributed by atoms with Gasteiger partial charge in [0.25, 0.3) is 0 Å². The van der Waals surface area contributed by atoms with Crippen LogP contribution in [0, 0.1) is 12.8 Å². The van der Waals surface area contributed by atoms with Crippen LogP contribution < -0.4 is 0 Å². The average molecular weight is 349 g/mol. The molecule has 0 spiro atoms. The summed E-state index contributed by atoms with van der Waals surface area (Å²) < 4.78 is 10.1. The molecule has 1 amide bonds. The number of methoxy groups -OCH3 is 1. The Bertz CT molecular complexity index is 527. The van der Waals surface area contributed by atoms with E-state index in [9.17, 15) is 9.59 Å². The Labute approximate surface area is 151 Å². The van der Waals surface area contributed by atoms with Crippen molar-refractivity contribution < 1.29 is 19.1 Å². The molecule has 0 aliphatic rings. The van der Waals surface area contributed by atoms with E-state index in [1.165, 1.54) is 12.7 Å². The molecular weight excluding hydrogens is 318 g/mol. The van der Waals surface area contributed by atoms with Crippen LogP contribution in [0.15, 0.2) is 24.3 Å². The minimum absolute atomic E-state index is 0.0628. The van der Waals surface area contributed by atoms with Gasteiger partial charge in [-0.3, -0.25) is 9.59 Å². The highest BCUT2D eigenvalue weighted by Crippen LogP contribution is 2.10. The van der Waals surface area contributed by atoms with Gasteiger partial charge in [0.2, 0.25) is 5.91 Å². The van der Waals surface area contributed by atoms with E-state index in [4.69, 9.17) is 9.47 Å². The monoisotopic (exact) mass is 349 g/mol. The van der Waals surface area contributed by atoms with Crippen LogP contribution in [0.25, 0.3) is 0 Å². The number of rotatable bonds is 11. The molecule has 1 aromatic carbocycles. The second-order valence-corrected chi connectivity index (χ2v) is 6.30. The Morgan fingerprint density at radius 2 is 1.88 bits per heavy atom. The first-order valence-electron chi connectivity index (χ1n) is 8.96. The van der Waals surface area contributed by atoms with E-state index < -0.39 is 0 Å². The fourth-order valence-electron chi connectivity index (χ4n) is 2.59. The molecule has 0 radical (unpaired) electrons. The molecule has 0 aliphatic carbocycles. The van der Waals surface area contributed by atoms with Gasteiger partial charge in [-0.25, -0.2) is 0 Å². The molecule has 5 nitrogen and oxygen atoms in total. The Kier molecular flexibility index (Phi) is 9.85. The lowest BCUT2D eigenvalue weighted by atomic mass is 10.1. The predicted octanol–water partition coefficient (Wildman–Crippen LogP) is 2.99. The first kappa shape index (κ1) is 21.2. The lowest BCUT2D eigenvalue weighted by Gasteiger charge is -2.25. The predicted molar refractivity (Wildman–Crippen MR) is 98.4 cm³/mol. The molecule has 0 saturated carbocycles. The lowest BCUT2D eigenvalue weighted by molar-refractivity contribution is -0.146. The number of hydrogen-bond acceptors (Lipinski definition) is 4. The molecule has 0 aliphatic heterocycles. The number of esters is 1. The number of nitrogens with zero attached hydrogens (tertiary/aromatic N) is 1. The number of carbonyl (C=O) groups is 2. The Hall–Kier alpha value is -1.88. The van der Waals surface area contributed by atoms with E-state index in [1.54, 1.807) is 11.8 Å². The maximum absolute atomic E-state index is 12.6. The third-order valence-corrected chi connectivity index (χ3v) is 4.12. The van der Waals surface area contributed by atoms with Gasteiger partial charge < -0.3 is 14.4 Å². The SMILES string of the molecule is CCOCCCN(CC(C)C(=O)OC)C(=O)CCc1ccc(C)cc1. The summed E-state index contributed by atoms with van der Waals surface area (Å²) in [5.41, 5.74) is 2.36. The van der Waals surface area contributed by atoms with Gasteiger partial charge in [-0.15, -0.1) is 0 Å². The fraction of sp³-hybridized carbons (Fsp3) is 0.600. The van der Waals surface area contributed by atoms with Gasteiger partial charge in [0.05, 0.1) is 13.0 Å². The third kappa shape index (κ3) is 8.16. The Morgan fingerprint density at radius 1 is 1.20 bits per heavy atom. The van der Waals surface area contributed by atoms with Gasteiger partial charge in [0, 0.05) is 32.7 Å². The summed E-state index contributed by atoms with van der Waals surface area (Å²) >= 11 is 0. The van der Waals surface area contributed by atoms with Crippen molar-refractivity contribution in [1.82, 2.24) is 4.90 Å². The maximum Gasteiger partial charge on any atom is 0.310 e. The van der Waals surface area contributed by atoms with Gasteiger partial charge >= 0.3 is 5.97 Å². The molecule has 0 aromatic heterocycles. The van der Waals surface area contributed by atoms with Gasteiger partial charge in [-0.05, 0) is 32.3 Å².